The van der Waals surface area contributed by atoms with Crippen molar-refractivity contribution in [3.05, 3.63) is 107 Å². The number of amides is 3. The van der Waals surface area contributed by atoms with Gasteiger partial charge in [0.15, 0.2) is 0 Å². The largest absolute Gasteiger partial charge is 0.490 e. The number of halogens is 1. The third-order valence-electron chi connectivity index (χ3n) is 7.05. The number of benzene rings is 3. The number of nitrogens with one attached hydrogen (secondary N) is 3. The van der Waals surface area contributed by atoms with E-state index in [1.54, 1.807) is 72.9 Å². The second-order valence-corrected chi connectivity index (χ2v) is 10.8. The van der Waals surface area contributed by atoms with E-state index in [4.69, 9.17) is 21.1 Å². The van der Waals surface area contributed by atoms with E-state index in [2.05, 4.69) is 20.9 Å². The number of anilines is 2. The van der Waals surface area contributed by atoms with Crippen molar-refractivity contribution in [2.45, 2.75) is 44.2 Å². The molecule has 3 amide bonds. The number of carbonyl (C=O) groups excluding carboxylic acids is 2. The van der Waals surface area contributed by atoms with E-state index in [-0.39, 0.29) is 41.8 Å². The molecular weight excluding hydrogens is 584 g/mol. The number of rotatable bonds is 10. The first-order chi connectivity index (χ1) is 21.3. The highest BCUT2D eigenvalue weighted by molar-refractivity contribution is 6.30. The van der Waals surface area contributed by atoms with Gasteiger partial charge in [-0.05, 0) is 91.9 Å². The van der Waals surface area contributed by atoms with Crippen LogP contribution in [-0.4, -0.2) is 40.1 Å². The van der Waals surface area contributed by atoms with Gasteiger partial charge in [-0.3, -0.25) is 4.79 Å². The molecule has 0 atom stereocenters. The van der Waals surface area contributed by atoms with E-state index < -0.39 is 5.97 Å². The summed E-state index contributed by atoms with van der Waals surface area (Å²) in [7, 11) is 0. The van der Waals surface area contributed by atoms with E-state index in [0.717, 1.165) is 31.4 Å². The van der Waals surface area contributed by atoms with Crippen LogP contribution >= 0.6 is 11.6 Å². The summed E-state index contributed by atoms with van der Waals surface area (Å²) in [5.74, 6) is 0.213. The molecule has 0 unspecified atom stereocenters. The van der Waals surface area contributed by atoms with Gasteiger partial charge in [-0.1, -0.05) is 29.8 Å². The fourth-order valence-corrected chi connectivity index (χ4v) is 4.97. The quantitative estimate of drug-likeness (QED) is 0.152. The van der Waals surface area contributed by atoms with E-state index in [1.165, 1.54) is 6.07 Å². The van der Waals surface area contributed by atoms with Gasteiger partial charge in [0.25, 0.3) is 0 Å². The van der Waals surface area contributed by atoms with Gasteiger partial charge >= 0.3 is 12.0 Å². The van der Waals surface area contributed by atoms with Crippen LogP contribution in [0.3, 0.4) is 0 Å². The number of carboxylic acid groups (broad SMARTS) is 1. The number of urea groups is 1. The summed E-state index contributed by atoms with van der Waals surface area (Å²) in [5, 5.41) is 18.4. The Hall–Kier alpha value is -5.09. The maximum atomic E-state index is 12.4. The van der Waals surface area contributed by atoms with Gasteiger partial charge < -0.3 is 30.5 Å². The van der Waals surface area contributed by atoms with Crippen LogP contribution in [0.5, 0.6) is 17.4 Å². The first kappa shape index (κ1) is 30.4. The molecule has 0 radical (unpaired) electrons. The van der Waals surface area contributed by atoms with Crippen LogP contribution in [0.4, 0.5) is 16.2 Å². The van der Waals surface area contributed by atoms with Crippen LogP contribution in [0, 0.1) is 0 Å². The number of hydrogen-bond acceptors (Lipinski definition) is 6. The topological polar surface area (TPSA) is 139 Å². The highest BCUT2D eigenvalue weighted by Crippen LogP contribution is 2.27. The lowest BCUT2D eigenvalue weighted by Gasteiger charge is -2.29. The maximum absolute atomic E-state index is 12.4. The van der Waals surface area contributed by atoms with Crippen LogP contribution in [0.1, 0.15) is 41.6 Å². The number of carboxylic acids is 1. The molecule has 1 aromatic heterocycles. The van der Waals surface area contributed by atoms with E-state index in [0.29, 0.717) is 27.9 Å². The second-order valence-electron chi connectivity index (χ2n) is 10.4. The van der Waals surface area contributed by atoms with E-state index >= 15 is 0 Å². The number of pyridine rings is 1. The molecule has 11 heteroatoms. The SMILES string of the molecule is O=C(Cc1ccc(Oc2ccc(OC3CCC(NC(=O)Nc4ccc(Cl)cc4)CC3)cc2)nc1)Nc1ccccc1C(=O)O. The number of aromatic nitrogens is 1. The number of nitrogens with zero attached hydrogens (tertiary/aromatic N) is 1. The molecule has 1 fully saturated rings. The molecule has 226 valence electrons. The summed E-state index contributed by atoms with van der Waals surface area (Å²) >= 11 is 5.89. The minimum Gasteiger partial charge on any atom is -0.490 e. The Kier molecular flexibility index (Phi) is 9.93. The van der Waals surface area contributed by atoms with Crippen molar-refractivity contribution in [3.63, 3.8) is 0 Å². The highest BCUT2D eigenvalue weighted by Gasteiger charge is 2.24. The molecule has 4 aromatic rings. The standard InChI is InChI=1S/C33H31ClN4O6/c34-22-6-8-23(9-7-22)36-33(42)37-24-10-12-25(13-11-24)43-26-14-16-27(17-15-26)44-31-18-5-21(20-35-31)19-30(39)38-29-4-2-1-3-28(29)32(40)41/h1-9,14-18,20,24-25H,10-13,19H2,(H,38,39)(H,40,41)(H2,36,37,42). The third kappa shape index (κ3) is 8.71. The molecule has 5 rings (SSSR count). The Morgan fingerprint density at radius 1 is 0.841 bits per heavy atom. The fraction of sp³-hybridized carbons (Fsp3) is 0.212. The van der Waals surface area contributed by atoms with E-state index in [1.807, 2.05) is 12.1 Å². The Morgan fingerprint density at radius 2 is 1.55 bits per heavy atom. The summed E-state index contributed by atoms with van der Waals surface area (Å²) in [6.07, 6.45) is 4.92. The fourth-order valence-electron chi connectivity index (χ4n) is 4.84. The number of hydrogen-bond donors (Lipinski definition) is 4. The molecule has 1 aliphatic rings. The lowest BCUT2D eigenvalue weighted by atomic mass is 9.93. The molecule has 0 bridgehead atoms. The molecule has 10 nitrogen and oxygen atoms in total. The zero-order chi connectivity index (χ0) is 30.9. The predicted octanol–water partition coefficient (Wildman–Crippen LogP) is 6.92. The zero-order valence-corrected chi connectivity index (χ0v) is 24.4. The summed E-state index contributed by atoms with van der Waals surface area (Å²) in [6.45, 7) is 0. The predicted molar refractivity (Wildman–Crippen MR) is 167 cm³/mol. The monoisotopic (exact) mass is 614 g/mol. The van der Waals surface area contributed by atoms with Gasteiger partial charge in [0, 0.05) is 29.0 Å². The summed E-state index contributed by atoms with van der Waals surface area (Å²) in [6, 6.07) is 23.7. The van der Waals surface area contributed by atoms with Crippen molar-refractivity contribution >= 4 is 40.9 Å². The minimum atomic E-state index is -1.11. The minimum absolute atomic E-state index is 0.0244. The molecule has 4 N–H and O–H groups in total. The van der Waals surface area contributed by atoms with Crippen LogP contribution in [0.15, 0.2) is 91.1 Å². The number of carbonyl (C=O) groups is 3. The summed E-state index contributed by atoms with van der Waals surface area (Å²) in [4.78, 5) is 40.4. The Balaban J connectivity index is 1.04. The van der Waals surface area contributed by atoms with Crippen molar-refractivity contribution in [1.29, 1.82) is 0 Å². The van der Waals surface area contributed by atoms with Gasteiger partial charge in [0.2, 0.25) is 11.8 Å². The molecule has 3 aromatic carbocycles. The number of ether oxygens (including phenoxy) is 2. The van der Waals surface area contributed by atoms with Crippen LogP contribution in [-0.2, 0) is 11.2 Å². The molecule has 0 aliphatic heterocycles. The third-order valence-corrected chi connectivity index (χ3v) is 7.31. The Morgan fingerprint density at radius 3 is 2.23 bits per heavy atom. The van der Waals surface area contributed by atoms with Gasteiger partial charge in [-0.15, -0.1) is 0 Å². The Labute approximate surface area is 259 Å². The molecule has 0 spiro atoms. The maximum Gasteiger partial charge on any atom is 0.337 e. The van der Waals surface area contributed by atoms with Crippen LogP contribution in [0.2, 0.25) is 5.02 Å². The molecule has 1 saturated carbocycles. The Bertz CT molecular complexity index is 1590. The average Bonchev–Trinajstić information content (AvgIpc) is 3.01. The molecule has 44 heavy (non-hydrogen) atoms. The summed E-state index contributed by atoms with van der Waals surface area (Å²) in [5.41, 5.74) is 1.60. The molecule has 0 saturated heterocycles. The summed E-state index contributed by atoms with van der Waals surface area (Å²) < 4.78 is 12.0. The van der Waals surface area contributed by atoms with Crippen molar-refractivity contribution < 1.29 is 29.0 Å². The molecular formula is C33H31ClN4O6. The lowest BCUT2D eigenvalue weighted by Crippen LogP contribution is -2.41. The van der Waals surface area contributed by atoms with Gasteiger partial charge in [-0.2, -0.15) is 0 Å². The van der Waals surface area contributed by atoms with Gasteiger partial charge in [0.05, 0.1) is 23.8 Å². The first-order valence-corrected chi connectivity index (χ1v) is 14.5. The molecule has 1 aliphatic carbocycles. The van der Waals surface area contributed by atoms with Crippen molar-refractivity contribution in [2.75, 3.05) is 10.6 Å². The van der Waals surface area contributed by atoms with Crippen LogP contribution < -0.4 is 25.4 Å². The second kappa shape index (κ2) is 14.4. The van der Waals surface area contributed by atoms with Crippen LogP contribution in [0.25, 0.3) is 0 Å². The highest BCUT2D eigenvalue weighted by atomic mass is 35.5. The van der Waals surface area contributed by atoms with Gasteiger partial charge in [0.1, 0.15) is 11.5 Å². The van der Waals surface area contributed by atoms with E-state index in [9.17, 15) is 19.5 Å². The van der Waals surface area contributed by atoms with Gasteiger partial charge in [-0.25, -0.2) is 14.6 Å². The smallest absolute Gasteiger partial charge is 0.337 e. The number of para-hydroxylation sites is 1. The average molecular weight is 615 g/mol. The first-order valence-electron chi connectivity index (χ1n) is 14.2. The normalized spacial score (nSPS) is 15.9. The lowest BCUT2D eigenvalue weighted by molar-refractivity contribution is -0.115. The zero-order valence-electron chi connectivity index (χ0n) is 23.7. The number of aromatic carboxylic acids is 1. The van der Waals surface area contributed by atoms with Crippen molar-refractivity contribution in [1.82, 2.24) is 10.3 Å². The van der Waals surface area contributed by atoms with Crippen molar-refractivity contribution in [2.24, 2.45) is 0 Å². The molecule has 1 heterocycles. The van der Waals surface area contributed by atoms with Crippen molar-refractivity contribution in [3.8, 4) is 17.4 Å².